The van der Waals surface area contributed by atoms with Gasteiger partial charge in [0.2, 0.25) is 0 Å². The number of aryl methyl sites for hydroxylation is 2. The van der Waals surface area contributed by atoms with Crippen LogP contribution >= 0.6 is 11.3 Å². The van der Waals surface area contributed by atoms with Gasteiger partial charge >= 0.3 is 0 Å². The van der Waals surface area contributed by atoms with Crippen molar-refractivity contribution in [2.45, 2.75) is 31.7 Å². The second-order valence-corrected chi connectivity index (χ2v) is 6.23. The van der Waals surface area contributed by atoms with Gasteiger partial charge in [-0.25, -0.2) is 0 Å². The summed E-state index contributed by atoms with van der Waals surface area (Å²) in [7, 11) is 2.06. The lowest BCUT2D eigenvalue weighted by Gasteiger charge is -2.22. The first-order chi connectivity index (χ1) is 8.79. The normalized spacial score (nSPS) is 19.8. The van der Waals surface area contributed by atoms with Crippen molar-refractivity contribution < 1.29 is 0 Å². The highest BCUT2D eigenvalue weighted by atomic mass is 32.1. The Morgan fingerprint density at radius 3 is 3.00 bits per heavy atom. The fraction of sp³-hybridized carbons (Fsp3) is 0.400. The SMILES string of the molecule is CNC(c1ccc(C)s1)C1CCc2cccnc21. The Kier molecular flexibility index (Phi) is 3.18. The zero-order valence-electron chi connectivity index (χ0n) is 10.8. The van der Waals surface area contributed by atoms with Crippen molar-refractivity contribution in [1.29, 1.82) is 0 Å². The summed E-state index contributed by atoms with van der Waals surface area (Å²) in [4.78, 5) is 7.41. The topological polar surface area (TPSA) is 24.9 Å². The number of likely N-dealkylation sites (N-methyl/N-ethyl adjacent to an activating group) is 1. The monoisotopic (exact) mass is 258 g/mol. The van der Waals surface area contributed by atoms with Gasteiger partial charge in [0.25, 0.3) is 0 Å². The van der Waals surface area contributed by atoms with Crippen molar-refractivity contribution in [2.75, 3.05) is 7.05 Å². The van der Waals surface area contributed by atoms with Crippen LogP contribution in [0.5, 0.6) is 0 Å². The third-order valence-corrected chi connectivity index (χ3v) is 4.87. The quantitative estimate of drug-likeness (QED) is 0.912. The molecule has 1 aliphatic rings. The van der Waals surface area contributed by atoms with Crippen LogP contribution in [-0.2, 0) is 6.42 Å². The van der Waals surface area contributed by atoms with Crippen molar-refractivity contribution in [3.63, 3.8) is 0 Å². The van der Waals surface area contributed by atoms with Crippen LogP contribution < -0.4 is 5.32 Å². The molecule has 0 bridgehead atoms. The molecule has 2 heterocycles. The van der Waals surface area contributed by atoms with E-state index in [-0.39, 0.29) is 0 Å². The summed E-state index contributed by atoms with van der Waals surface area (Å²) in [5, 5.41) is 3.48. The molecule has 94 valence electrons. The first-order valence-electron chi connectivity index (χ1n) is 6.47. The third-order valence-electron chi connectivity index (χ3n) is 3.78. The molecule has 1 aliphatic carbocycles. The molecule has 0 fully saturated rings. The summed E-state index contributed by atoms with van der Waals surface area (Å²) >= 11 is 1.89. The molecule has 0 aromatic carbocycles. The lowest BCUT2D eigenvalue weighted by Crippen LogP contribution is -2.22. The van der Waals surface area contributed by atoms with E-state index in [0.29, 0.717) is 12.0 Å². The van der Waals surface area contributed by atoms with Gasteiger partial charge in [-0.3, -0.25) is 4.98 Å². The summed E-state index contributed by atoms with van der Waals surface area (Å²) in [6.45, 7) is 2.17. The van der Waals surface area contributed by atoms with Crippen molar-refractivity contribution in [3.05, 3.63) is 51.5 Å². The molecule has 3 rings (SSSR count). The molecular weight excluding hydrogens is 240 g/mol. The Morgan fingerprint density at radius 1 is 1.39 bits per heavy atom. The zero-order chi connectivity index (χ0) is 12.5. The van der Waals surface area contributed by atoms with E-state index in [0.717, 1.165) is 6.42 Å². The fourth-order valence-corrected chi connectivity index (χ4v) is 3.98. The summed E-state index contributed by atoms with van der Waals surface area (Å²) in [6, 6.07) is 9.13. The van der Waals surface area contributed by atoms with Gasteiger partial charge in [0.05, 0.1) is 0 Å². The molecule has 0 spiro atoms. The van der Waals surface area contributed by atoms with E-state index < -0.39 is 0 Å². The molecule has 18 heavy (non-hydrogen) atoms. The van der Waals surface area contributed by atoms with Crippen LogP contribution in [0.15, 0.2) is 30.5 Å². The van der Waals surface area contributed by atoms with E-state index in [2.05, 4.69) is 42.5 Å². The Labute approximate surface area is 112 Å². The zero-order valence-corrected chi connectivity index (χ0v) is 11.6. The number of thiophene rings is 1. The van der Waals surface area contributed by atoms with Crippen molar-refractivity contribution >= 4 is 11.3 Å². The van der Waals surface area contributed by atoms with E-state index >= 15 is 0 Å². The largest absolute Gasteiger partial charge is 0.312 e. The van der Waals surface area contributed by atoms with Crippen LogP contribution in [0.2, 0.25) is 0 Å². The molecule has 0 aliphatic heterocycles. The van der Waals surface area contributed by atoms with Crippen LogP contribution in [0.4, 0.5) is 0 Å². The number of rotatable bonds is 3. The van der Waals surface area contributed by atoms with E-state index in [1.165, 1.54) is 27.4 Å². The Balaban J connectivity index is 1.95. The Bertz CT molecular complexity index is 547. The number of pyridine rings is 1. The number of hydrogen-bond donors (Lipinski definition) is 1. The summed E-state index contributed by atoms with van der Waals surface area (Å²) in [5.41, 5.74) is 2.72. The minimum atomic E-state index is 0.403. The van der Waals surface area contributed by atoms with Crippen LogP contribution in [0.25, 0.3) is 0 Å². The highest BCUT2D eigenvalue weighted by Crippen LogP contribution is 2.41. The second-order valence-electron chi connectivity index (χ2n) is 4.91. The molecule has 2 atom stereocenters. The molecule has 3 heteroatoms. The van der Waals surface area contributed by atoms with Crippen LogP contribution in [0, 0.1) is 6.92 Å². The molecule has 0 amide bonds. The molecule has 1 N–H and O–H groups in total. The number of hydrogen-bond acceptors (Lipinski definition) is 3. The fourth-order valence-electron chi connectivity index (χ4n) is 2.93. The number of aromatic nitrogens is 1. The maximum atomic E-state index is 4.61. The standard InChI is InChI=1S/C15H18N2S/c1-10-5-8-13(18-10)15(16-2)12-7-6-11-4-3-9-17-14(11)12/h3-5,8-9,12,15-16H,6-7H2,1-2H3. The van der Waals surface area contributed by atoms with Gasteiger partial charge < -0.3 is 5.32 Å². The second kappa shape index (κ2) is 4.82. The molecule has 2 aromatic heterocycles. The van der Waals surface area contributed by atoms with Crippen molar-refractivity contribution in [3.8, 4) is 0 Å². The highest BCUT2D eigenvalue weighted by Gasteiger charge is 2.31. The average molecular weight is 258 g/mol. The highest BCUT2D eigenvalue weighted by molar-refractivity contribution is 7.12. The lowest BCUT2D eigenvalue weighted by molar-refractivity contribution is 0.476. The van der Waals surface area contributed by atoms with Crippen molar-refractivity contribution in [2.24, 2.45) is 0 Å². The molecule has 2 aromatic rings. The first kappa shape index (κ1) is 11.9. The molecule has 0 radical (unpaired) electrons. The van der Waals surface area contributed by atoms with Gasteiger partial charge in [-0.1, -0.05) is 6.07 Å². The minimum Gasteiger partial charge on any atom is -0.312 e. The van der Waals surface area contributed by atoms with Crippen LogP contribution in [-0.4, -0.2) is 12.0 Å². The molecule has 0 saturated heterocycles. The van der Waals surface area contributed by atoms with Crippen molar-refractivity contribution in [1.82, 2.24) is 10.3 Å². The summed E-state index contributed by atoms with van der Waals surface area (Å²) in [5.74, 6) is 0.518. The van der Waals surface area contributed by atoms with E-state index in [4.69, 9.17) is 0 Å². The van der Waals surface area contributed by atoms with E-state index in [1.807, 2.05) is 23.6 Å². The smallest absolute Gasteiger partial charge is 0.0497 e. The molecular formula is C15H18N2S. The summed E-state index contributed by atoms with van der Waals surface area (Å²) in [6.07, 6.45) is 4.29. The van der Waals surface area contributed by atoms with Gasteiger partial charge in [-0.15, -0.1) is 11.3 Å². The minimum absolute atomic E-state index is 0.403. The van der Waals surface area contributed by atoms with Gasteiger partial charge in [0.15, 0.2) is 0 Å². The molecule has 2 unspecified atom stereocenters. The van der Waals surface area contributed by atoms with Crippen LogP contribution in [0.3, 0.4) is 0 Å². The maximum absolute atomic E-state index is 4.61. The van der Waals surface area contributed by atoms with Gasteiger partial charge in [-0.2, -0.15) is 0 Å². The average Bonchev–Trinajstić information content (AvgIpc) is 2.98. The maximum Gasteiger partial charge on any atom is 0.0497 e. The van der Waals surface area contributed by atoms with Gasteiger partial charge in [0, 0.05) is 33.6 Å². The molecule has 0 saturated carbocycles. The third kappa shape index (κ3) is 1.98. The van der Waals surface area contributed by atoms with E-state index in [1.54, 1.807) is 0 Å². The predicted molar refractivity (Wildman–Crippen MR) is 76.2 cm³/mol. The lowest BCUT2D eigenvalue weighted by atomic mass is 9.95. The molecule has 2 nitrogen and oxygen atoms in total. The van der Waals surface area contributed by atoms with Gasteiger partial charge in [-0.05, 0) is 50.6 Å². The Hall–Kier alpha value is -1.19. The number of fused-ring (bicyclic) bond motifs is 1. The van der Waals surface area contributed by atoms with E-state index in [9.17, 15) is 0 Å². The van der Waals surface area contributed by atoms with Gasteiger partial charge in [0.1, 0.15) is 0 Å². The Morgan fingerprint density at radius 2 is 2.28 bits per heavy atom. The summed E-state index contributed by atoms with van der Waals surface area (Å²) < 4.78 is 0. The van der Waals surface area contributed by atoms with Crippen LogP contribution in [0.1, 0.15) is 39.4 Å². The number of nitrogens with one attached hydrogen (secondary N) is 1. The predicted octanol–water partition coefficient (Wildman–Crippen LogP) is 3.44. The number of nitrogens with zero attached hydrogens (tertiary/aromatic N) is 1. The first-order valence-corrected chi connectivity index (χ1v) is 7.28.